The van der Waals surface area contributed by atoms with Crippen molar-refractivity contribution < 1.29 is 4.79 Å². The third-order valence-corrected chi connectivity index (χ3v) is 4.68. The second-order valence-corrected chi connectivity index (χ2v) is 6.00. The van der Waals surface area contributed by atoms with E-state index in [2.05, 4.69) is 5.32 Å². The summed E-state index contributed by atoms with van der Waals surface area (Å²) >= 11 is 7.74. The lowest BCUT2D eigenvalue weighted by Gasteiger charge is -2.03. The maximum Gasteiger partial charge on any atom is 0.267 e. The minimum Gasteiger partial charge on any atom is -0.321 e. The number of nitrogens with one attached hydrogen (secondary N) is 1. The Morgan fingerprint density at radius 2 is 1.90 bits per heavy atom. The van der Waals surface area contributed by atoms with Crippen molar-refractivity contribution in [2.24, 2.45) is 0 Å². The molecule has 0 saturated carbocycles. The molecule has 1 aromatic heterocycles. The first-order valence-corrected chi connectivity index (χ1v) is 7.39. The molecule has 3 aromatic rings. The van der Waals surface area contributed by atoms with E-state index in [9.17, 15) is 4.79 Å². The molecule has 0 fully saturated rings. The van der Waals surface area contributed by atoms with Crippen LogP contribution in [0, 0.1) is 6.92 Å². The summed E-state index contributed by atoms with van der Waals surface area (Å²) in [5, 5.41) is 4.32. The molecule has 1 N–H and O–H groups in total. The highest BCUT2D eigenvalue weighted by Crippen LogP contribution is 2.36. The van der Waals surface area contributed by atoms with Gasteiger partial charge in [-0.1, -0.05) is 41.9 Å². The molecule has 2 nitrogen and oxygen atoms in total. The number of benzene rings is 2. The molecule has 0 bridgehead atoms. The van der Waals surface area contributed by atoms with Crippen LogP contribution >= 0.6 is 22.9 Å². The number of anilines is 1. The minimum atomic E-state index is -0.167. The van der Waals surface area contributed by atoms with E-state index in [1.54, 1.807) is 0 Å². The van der Waals surface area contributed by atoms with Gasteiger partial charge in [-0.25, -0.2) is 0 Å². The second kappa shape index (κ2) is 5.27. The summed E-state index contributed by atoms with van der Waals surface area (Å²) in [4.78, 5) is 12.9. The van der Waals surface area contributed by atoms with Crippen LogP contribution < -0.4 is 5.32 Å². The number of carbonyl (C=O) groups is 1. The largest absolute Gasteiger partial charge is 0.321 e. The zero-order valence-electron chi connectivity index (χ0n) is 10.8. The molecule has 20 heavy (non-hydrogen) atoms. The number of thiophene rings is 1. The van der Waals surface area contributed by atoms with Gasteiger partial charge in [-0.3, -0.25) is 4.79 Å². The fourth-order valence-corrected chi connectivity index (χ4v) is 3.54. The Labute approximate surface area is 126 Å². The van der Waals surface area contributed by atoms with E-state index in [-0.39, 0.29) is 5.91 Å². The van der Waals surface area contributed by atoms with Gasteiger partial charge in [0.25, 0.3) is 5.91 Å². The Kier molecular flexibility index (Phi) is 3.47. The Morgan fingerprint density at radius 3 is 2.65 bits per heavy atom. The summed E-state index contributed by atoms with van der Waals surface area (Å²) in [6, 6.07) is 15.4. The predicted molar refractivity (Wildman–Crippen MR) is 86.0 cm³/mol. The summed E-state index contributed by atoms with van der Waals surface area (Å²) in [6.07, 6.45) is 0. The molecule has 1 heterocycles. The monoisotopic (exact) mass is 301 g/mol. The zero-order chi connectivity index (χ0) is 14.1. The molecule has 0 spiro atoms. The van der Waals surface area contributed by atoms with Crippen molar-refractivity contribution in [1.82, 2.24) is 0 Å². The van der Waals surface area contributed by atoms with Crippen LogP contribution in [-0.4, -0.2) is 5.91 Å². The molecule has 0 radical (unpaired) electrons. The van der Waals surface area contributed by atoms with Crippen LogP contribution in [0.4, 0.5) is 5.69 Å². The molecular formula is C16H12ClNOS. The van der Waals surface area contributed by atoms with Gasteiger partial charge >= 0.3 is 0 Å². The van der Waals surface area contributed by atoms with Crippen molar-refractivity contribution in [2.45, 2.75) is 6.92 Å². The van der Waals surface area contributed by atoms with Crippen molar-refractivity contribution >= 4 is 44.6 Å². The standard InChI is InChI=1S/C16H12ClNOS/c1-10-7-8-12-13(9-10)20-15(14(12)17)16(19)18-11-5-3-2-4-6-11/h2-9H,1H3,(H,18,19). The number of amides is 1. The summed E-state index contributed by atoms with van der Waals surface area (Å²) in [5.74, 6) is -0.167. The Balaban J connectivity index is 1.97. The number of aryl methyl sites for hydroxylation is 1. The summed E-state index contributed by atoms with van der Waals surface area (Å²) in [7, 11) is 0. The number of fused-ring (bicyclic) bond motifs is 1. The van der Waals surface area contributed by atoms with E-state index < -0.39 is 0 Å². The lowest BCUT2D eigenvalue weighted by molar-refractivity contribution is 0.103. The quantitative estimate of drug-likeness (QED) is 0.699. The van der Waals surface area contributed by atoms with E-state index in [4.69, 9.17) is 11.6 Å². The minimum absolute atomic E-state index is 0.167. The van der Waals surface area contributed by atoms with Gasteiger partial charge < -0.3 is 5.32 Å². The molecule has 0 saturated heterocycles. The average molecular weight is 302 g/mol. The smallest absolute Gasteiger partial charge is 0.267 e. The molecule has 3 rings (SSSR count). The van der Waals surface area contributed by atoms with Gasteiger partial charge in [-0.2, -0.15) is 0 Å². The van der Waals surface area contributed by atoms with Crippen molar-refractivity contribution in [2.75, 3.05) is 5.32 Å². The van der Waals surface area contributed by atoms with Crippen molar-refractivity contribution in [3.05, 3.63) is 64.0 Å². The molecule has 0 unspecified atom stereocenters. The van der Waals surface area contributed by atoms with Gasteiger partial charge in [0.2, 0.25) is 0 Å². The average Bonchev–Trinajstić information content (AvgIpc) is 2.76. The van der Waals surface area contributed by atoms with E-state index >= 15 is 0 Å². The highest BCUT2D eigenvalue weighted by Gasteiger charge is 2.17. The van der Waals surface area contributed by atoms with Gasteiger partial charge in [0, 0.05) is 15.8 Å². The van der Waals surface area contributed by atoms with Crippen LogP contribution in [0.15, 0.2) is 48.5 Å². The Morgan fingerprint density at radius 1 is 1.15 bits per heavy atom. The SMILES string of the molecule is Cc1ccc2c(Cl)c(C(=O)Nc3ccccc3)sc2c1. The second-order valence-electron chi connectivity index (χ2n) is 4.56. The normalized spacial score (nSPS) is 10.7. The fourth-order valence-electron chi connectivity index (χ4n) is 2.03. The number of hydrogen-bond acceptors (Lipinski definition) is 2. The third kappa shape index (κ3) is 2.42. The van der Waals surface area contributed by atoms with Crippen LogP contribution in [0.1, 0.15) is 15.2 Å². The fraction of sp³-hybridized carbons (Fsp3) is 0.0625. The Hall–Kier alpha value is -1.84. The maximum atomic E-state index is 12.3. The number of rotatable bonds is 2. The maximum absolute atomic E-state index is 12.3. The molecule has 0 aliphatic heterocycles. The van der Waals surface area contributed by atoms with Crippen LogP contribution in [0.5, 0.6) is 0 Å². The first-order valence-electron chi connectivity index (χ1n) is 6.20. The van der Waals surface area contributed by atoms with E-state index in [1.165, 1.54) is 11.3 Å². The predicted octanol–water partition coefficient (Wildman–Crippen LogP) is 5.12. The first-order chi connectivity index (χ1) is 9.65. The van der Waals surface area contributed by atoms with E-state index in [1.807, 2.05) is 55.5 Å². The van der Waals surface area contributed by atoms with Crippen molar-refractivity contribution in [1.29, 1.82) is 0 Å². The van der Waals surface area contributed by atoms with Crippen molar-refractivity contribution in [3.8, 4) is 0 Å². The Bertz CT molecular complexity index is 780. The highest BCUT2D eigenvalue weighted by molar-refractivity contribution is 7.21. The molecule has 0 aliphatic rings. The molecular weight excluding hydrogens is 290 g/mol. The number of halogens is 1. The molecule has 0 atom stereocenters. The van der Waals surface area contributed by atoms with Gasteiger partial charge in [0.05, 0.1) is 5.02 Å². The highest BCUT2D eigenvalue weighted by atomic mass is 35.5. The lowest BCUT2D eigenvalue weighted by atomic mass is 10.2. The van der Waals surface area contributed by atoms with Crippen LogP contribution in [0.3, 0.4) is 0 Å². The van der Waals surface area contributed by atoms with Gasteiger partial charge in [-0.05, 0) is 30.7 Å². The lowest BCUT2D eigenvalue weighted by Crippen LogP contribution is -2.10. The van der Waals surface area contributed by atoms with E-state index in [0.717, 1.165) is 21.3 Å². The van der Waals surface area contributed by atoms with Crippen molar-refractivity contribution in [3.63, 3.8) is 0 Å². The zero-order valence-corrected chi connectivity index (χ0v) is 12.4. The summed E-state index contributed by atoms with van der Waals surface area (Å²) in [6.45, 7) is 2.02. The van der Waals surface area contributed by atoms with Crippen LogP contribution in [0.25, 0.3) is 10.1 Å². The number of para-hydroxylation sites is 1. The molecule has 100 valence electrons. The van der Waals surface area contributed by atoms with Gasteiger partial charge in [-0.15, -0.1) is 11.3 Å². The molecule has 0 aliphatic carbocycles. The number of carbonyl (C=O) groups excluding carboxylic acids is 1. The topological polar surface area (TPSA) is 29.1 Å². The molecule has 4 heteroatoms. The number of hydrogen-bond donors (Lipinski definition) is 1. The summed E-state index contributed by atoms with van der Waals surface area (Å²) < 4.78 is 1.04. The van der Waals surface area contributed by atoms with Crippen LogP contribution in [0.2, 0.25) is 5.02 Å². The third-order valence-electron chi connectivity index (χ3n) is 3.02. The van der Waals surface area contributed by atoms with E-state index in [0.29, 0.717) is 9.90 Å². The summed E-state index contributed by atoms with van der Waals surface area (Å²) in [5.41, 5.74) is 1.92. The van der Waals surface area contributed by atoms with Gasteiger partial charge in [0.1, 0.15) is 4.88 Å². The van der Waals surface area contributed by atoms with Crippen LogP contribution in [-0.2, 0) is 0 Å². The molecule has 1 amide bonds. The van der Waals surface area contributed by atoms with Gasteiger partial charge in [0.15, 0.2) is 0 Å². The first kappa shape index (κ1) is 13.2. The molecule has 2 aromatic carbocycles.